The summed E-state index contributed by atoms with van der Waals surface area (Å²) < 4.78 is 39.8. The highest BCUT2D eigenvalue weighted by Crippen LogP contribution is 2.51. The van der Waals surface area contributed by atoms with E-state index in [1.807, 2.05) is 0 Å². The van der Waals surface area contributed by atoms with Gasteiger partial charge in [-0.15, -0.1) is 0 Å². The number of amides is 3. The molecule has 0 aromatic heterocycles. The molecule has 4 atom stereocenters. The zero-order valence-electron chi connectivity index (χ0n) is 13.3. The molecule has 2 rings (SSSR count). The van der Waals surface area contributed by atoms with Gasteiger partial charge in [0, 0.05) is 12.0 Å². The maximum atomic E-state index is 13.3. The Morgan fingerprint density at radius 1 is 1.27 bits per heavy atom. The van der Waals surface area contributed by atoms with E-state index in [4.69, 9.17) is 0 Å². The largest absolute Gasteiger partial charge is 0.391 e. The van der Waals surface area contributed by atoms with Crippen LogP contribution in [0.3, 0.4) is 0 Å². The average Bonchev–Trinajstić information content (AvgIpc) is 2.73. The van der Waals surface area contributed by atoms with Crippen molar-refractivity contribution in [2.24, 2.45) is 17.8 Å². The van der Waals surface area contributed by atoms with Crippen molar-refractivity contribution in [3.8, 4) is 0 Å². The van der Waals surface area contributed by atoms with E-state index in [-0.39, 0.29) is 0 Å². The average molecular weight is 318 g/mol. The second-order valence-corrected chi connectivity index (χ2v) is 6.57. The molecular weight excluding hydrogens is 297 g/mol. The van der Waals surface area contributed by atoms with Crippen molar-refractivity contribution in [1.82, 2.24) is 10.2 Å². The molecule has 7 heteroatoms. The molecule has 0 radical (unpaired) electrons. The quantitative estimate of drug-likeness (QED) is 0.628. The zero-order valence-corrected chi connectivity index (χ0v) is 13.3. The van der Waals surface area contributed by atoms with Crippen LogP contribution in [0.15, 0.2) is 11.6 Å². The van der Waals surface area contributed by atoms with Crippen molar-refractivity contribution in [1.29, 1.82) is 0 Å². The van der Waals surface area contributed by atoms with E-state index in [2.05, 4.69) is 5.32 Å². The lowest BCUT2D eigenvalue weighted by molar-refractivity contribution is -0.192. The van der Waals surface area contributed by atoms with E-state index < -0.39 is 47.4 Å². The van der Waals surface area contributed by atoms with Crippen molar-refractivity contribution in [2.75, 3.05) is 0 Å². The Labute approximate surface area is 127 Å². The monoisotopic (exact) mass is 318 g/mol. The summed E-state index contributed by atoms with van der Waals surface area (Å²) in [6, 6.07) is -1.03. The van der Waals surface area contributed by atoms with Gasteiger partial charge in [0.05, 0.1) is 5.92 Å². The number of urea groups is 1. The van der Waals surface area contributed by atoms with Crippen LogP contribution >= 0.6 is 0 Å². The van der Waals surface area contributed by atoms with Gasteiger partial charge in [-0.25, -0.2) is 4.79 Å². The fraction of sp³-hybridized carbons (Fsp3) is 0.733. The molecule has 1 aliphatic heterocycles. The first-order valence-corrected chi connectivity index (χ1v) is 7.36. The molecule has 124 valence electrons. The fourth-order valence-electron chi connectivity index (χ4n) is 3.85. The maximum absolute atomic E-state index is 13.3. The Hall–Kier alpha value is -1.53. The van der Waals surface area contributed by atoms with Crippen LogP contribution in [0.5, 0.6) is 0 Å². The molecule has 0 saturated carbocycles. The van der Waals surface area contributed by atoms with Gasteiger partial charge in [-0.3, -0.25) is 9.69 Å². The Balaban J connectivity index is 2.53. The summed E-state index contributed by atoms with van der Waals surface area (Å²) in [5.74, 6) is -3.76. The summed E-state index contributed by atoms with van der Waals surface area (Å²) in [7, 11) is 0. The number of hydrogen-bond acceptors (Lipinski definition) is 2. The highest BCUT2D eigenvalue weighted by Gasteiger charge is 2.65. The van der Waals surface area contributed by atoms with Gasteiger partial charge in [0.2, 0.25) is 0 Å². The molecule has 4 nitrogen and oxygen atoms in total. The van der Waals surface area contributed by atoms with Crippen LogP contribution < -0.4 is 5.32 Å². The summed E-state index contributed by atoms with van der Waals surface area (Å²) >= 11 is 0. The molecule has 1 N–H and O–H groups in total. The zero-order chi connectivity index (χ0) is 17.0. The number of carbonyl (C=O) groups excluding carboxylic acids is 2. The summed E-state index contributed by atoms with van der Waals surface area (Å²) in [6.45, 7) is 7.67. The summed E-state index contributed by atoms with van der Waals surface area (Å²) in [5, 5.41) is 2.56. The molecule has 0 bridgehead atoms. The van der Waals surface area contributed by atoms with Gasteiger partial charge in [0.1, 0.15) is 5.54 Å². The molecule has 22 heavy (non-hydrogen) atoms. The standard InChI is InChI=1S/C15H21F3N2O2/c1-7(2)20-12(21)14(19-13(20)22)9(4)6-8(3)11(14)10(5)15(16,17)18/h6-8,10-11H,1-5H3,(H,19,22)/t8?,10-,11+,14?/m0/s1. The first-order chi connectivity index (χ1) is 9.94. The number of hydrogen-bond donors (Lipinski definition) is 1. The molecule has 3 amide bonds. The highest BCUT2D eigenvalue weighted by molar-refractivity contribution is 6.10. The third-order valence-corrected chi connectivity index (χ3v) is 4.85. The van der Waals surface area contributed by atoms with Gasteiger partial charge in [0.15, 0.2) is 0 Å². The summed E-state index contributed by atoms with van der Waals surface area (Å²) in [5.41, 5.74) is -1.09. The van der Waals surface area contributed by atoms with Crippen LogP contribution in [0.1, 0.15) is 34.6 Å². The lowest BCUT2D eigenvalue weighted by Gasteiger charge is -2.37. The lowest BCUT2D eigenvalue weighted by atomic mass is 9.72. The van der Waals surface area contributed by atoms with E-state index in [0.29, 0.717) is 5.57 Å². The van der Waals surface area contributed by atoms with Crippen LogP contribution in [0.25, 0.3) is 0 Å². The molecule has 1 aliphatic carbocycles. The lowest BCUT2D eigenvalue weighted by Crippen LogP contribution is -2.57. The number of imide groups is 1. The minimum Gasteiger partial charge on any atom is -0.319 e. The van der Waals surface area contributed by atoms with Crippen LogP contribution in [-0.2, 0) is 4.79 Å². The number of alkyl halides is 3. The van der Waals surface area contributed by atoms with Gasteiger partial charge >= 0.3 is 12.2 Å². The maximum Gasteiger partial charge on any atom is 0.391 e. The van der Waals surface area contributed by atoms with Gasteiger partial charge in [-0.05, 0) is 32.3 Å². The molecule has 2 aliphatic rings. The fourth-order valence-corrected chi connectivity index (χ4v) is 3.85. The Bertz CT molecular complexity index is 541. The molecule has 1 heterocycles. The van der Waals surface area contributed by atoms with Crippen LogP contribution in [0, 0.1) is 17.8 Å². The Morgan fingerprint density at radius 2 is 1.82 bits per heavy atom. The predicted molar refractivity (Wildman–Crippen MR) is 74.9 cm³/mol. The van der Waals surface area contributed by atoms with Crippen molar-refractivity contribution < 1.29 is 22.8 Å². The first-order valence-electron chi connectivity index (χ1n) is 7.36. The number of rotatable bonds is 2. The number of allylic oxidation sites excluding steroid dienone is 1. The number of nitrogens with one attached hydrogen (secondary N) is 1. The van der Waals surface area contributed by atoms with E-state index in [9.17, 15) is 22.8 Å². The van der Waals surface area contributed by atoms with E-state index in [1.165, 1.54) is 0 Å². The Kier molecular flexibility index (Phi) is 3.82. The smallest absolute Gasteiger partial charge is 0.319 e. The molecular formula is C15H21F3N2O2. The van der Waals surface area contributed by atoms with E-state index in [1.54, 1.807) is 33.8 Å². The van der Waals surface area contributed by atoms with Crippen LogP contribution in [0.2, 0.25) is 0 Å². The third-order valence-electron chi connectivity index (χ3n) is 4.85. The number of carbonyl (C=O) groups is 2. The van der Waals surface area contributed by atoms with Crippen molar-refractivity contribution in [2.45, 2.75) is 52.4 Å². The number of nitrogens with zero attached hydrogens (tertiary/aromatic N) is 1. The SMILES string of the molecule is CC1=CC(C)[C@H]([C@H](C)C(F)(F)F)C12NC(=O)N(C(C)C)C2=O. The molecule has 0 aromatic carbocycles. The second kappa shape index (κ2) is 4.99. The highest BCUT2D eigenvalue weighted by atomic mass is 19.4. The van der Waals surface area contributed by atoms with E-state index >= 15 is 0 Å². The summed E-state index contributed by atoms with van der Waals surface area (Å²) in [6.07, 6.45) is -2.77. The minimum atomic E-state index is -4.43. The van der Waals surface area contributed by atoms with Crippen LogP contribution in [0.4, 0.5) is 18.0 Å². The van der Waals surface area contributed by atoms with Crippen molar-refractivity contribution >= 4 is 11.9 Å². The third kappa shape index (κ3) is 2.13. The van der Waals surface area contributed by atoms with E-state index in [0.717, 1.165) is 11.8 Å². The minimum absolute atomic E-state index is 0.405. The molecule has 2 unspecified atom stereocenters. The first kappa shape index (κ1) is 16.8. The van der Waals surface area contributed by atoms with Crippen molar-refractivity contribution in [3.05, 3.63) is 11.6 Å². The van der Waals surface area contributed by atoms with Gasteiger partial charge in [-0.1, -0.05) is 19.9 Å². The molecule has 1 spiro atoms. The topological polar surface area (TPSA) is 49.4 Å². The molecule has 1 saturated heterocycles. The summed E-state index contributed by atoms with van der Waals surface area (Å²) in [4.78, 5) is 26.0. The number of halogens is 3. The second-order valence-electron chi connectivity index (χ2n) is 6.57. The van der Waals surface area contributed by atoms with Crippen molar-refractivity contribution in [3.63, 3.8) is 0 Å². The van der Waals surface area contributed by atoms with Crippen LogP contribution in [-0.4, -0.2) is 34.6 Å². The normalized spacial score (nSPS) is 33.7. The van der Waals surface area contributed by atoms with Gasteiger partial charge < -0.3 is 5.32 Å². The van der Waals surface area contributed by atoms with Gasteiger partial charge in [-0.2, -0.15) is 13.2 Å². The Morgan fingerprint density at radius 3 is 2.23 bits per heavy atom. The van der Waals surface area contributed by atoms with Gasteiger partial charge in [0.25, 0.3) is 5.91 Å². The predicted octanol–water partition coefficient (Wildman–Crippen LogP) is 3.10. The molecule has 0 aromatic rings. The molecule has 1 fully saturated rings.